The number of carbonyl (C=O) groups excluding carboxylic acids is 2. The van der Waals surface area contributed by atoms with Gasteiger partial charge in [-0.15, -0.1) is 0 Å². The smallest absolute Gasteiger partial charge is 0.310 e. The van der Waals surface area contributed by atoms with E-state index in [2.05, 4.69) is 0 Å². The van der Waals surface area contributed by atoms with Gasteiger partial charge in [0.05, 0.1) is 13.0 Å². The van der Waals surface area contributed by atoms with Gasteiger partial charge in [-0.3, -0.25) is 9.59 Å². The second kappa shape index (κ2) is 5.71. The number of halogens is 1. The van der Waals surface area contributed by atoms with E-state index in [9.17, 15) is 9.59 Å². The van der Waals surface area contributed by atoms with Crippen LogP contribution in [-0.2, 0) is 9.53 Å². The summed E-state index contributed by atoms with van der Waals surface area (Å²) in [5.74, 6) is -0.653. The van der Waals surface area contributed by atoms with Crippen molar-refractivity contribution in [3.05, 3.63) is 28.8 Å². The largest absolute Gasteiger partial charge is 0.469 e. The van der Waals surface area contributed by atoms with Gasteiger partial charge in [-0.25, -0.2) is 0 Å². The number of anilines is 1. The van der Waals surface area contributed by atoms with Crippen molar-refractivity contribution in [2.75, 3.05) is 25.9 Å². The Morgan fingerprint density at radius 3 is 2.65 bits per heavy atom. The lowest BCUT2D eigenvalue weighted by Crippen LogP contribution is -2.30. The number of ether oxygens (including phenoxy) is 1. The van der Waals surface area contributed by atoms with Crippen LogP contribution in [0, 0.1) is 11.8 Å². The molecular formula is C14H17ClN2O3. The first-order valence-electron chi connectivity index (χ1n) is 6.35. The van der Waals surface area contributed by atoms with Crippen LogP contribution in [0.2, 0.25) is 5.02 Å². The summed E-state index contributed by atoms with van der Waals surface area (Å²) in [7, 11) is 1.36. The van der Waals surface area contributed by atoms with Crippen molar-refractivity contribution in [3.63, 3.8) is 0 Å². The Morgan fingerprint density at radius 2 is 2.05 bits per heavy atom. The highest BCUT2D eigenvalue weighted by Gasteiger charge is 2.37. The number of amides is 1. The fourth-order valence-corrected chi connectivity index (χ4v) is 2.75. The number of benzene rings is 1. The molecule has 1 aliphatic rings. The van der Waals surface area contributed by atoms with Gasteiger partial charge in [0.15, 0.2) is 0 Å². The van der Waals surface area contributed by atoms with Crippen LogP contribution in [0.1, 0.15) is 17.3 Å². The number of carbonyl (C=O) groups is 2. The average Bonchev–Trinajstić information content (AvgIpc) is 2.78. The van der Waals surface area contributed by atoms with Crippen molar-refractivity contribution < 1.29 is 14.3 Å². The third kappa shape index (κ3) is 2.88. The van der Waals surface area contributed by atoms with Crippen LogP contribution in [0.3, 0.4) is 0 Å². The summed E-state index contributed by atoms with van der Waals surface area (Å²) >= 11 is 5.91. The molecule has 6 heteroatoms. The van der Waals surface area contributed by atoms with Crippen LogP contribution in [0.25, 0.3) is 0 Å². The fraction of sp³-hybridized carbons (Fsp3) is 0.429. The zero-order valence-corrected chi connectivity index (χ0v) is 12.2. The van der Waals surface area contributed by atoms with Crippen LogP contribution < -0.4 is 5.73 Å². The molecular weight excluding hydrogens is 280 g/mol. The zero-order valence-electron chi connectivity index (χ0n) is 11.4. The van der Waals surface area contributed by atoms with Crippen molar-refractivity contribution >= 4 is 29.2 Å². The minimum absolute atomic E-state index is 0.0722. The summed E-state index contributed by atoms with van der Waals surface area (Å²) in [6.45, 7) is 2.81. The molecule has 1 fully saturated rings. The summed E-state index contributed by atoms with van der Waals surface area (Å²) in [5, 5.41) is 0.421. The minimum atomic E-state index is -0.279. The van der Waals surface area contributed by atoms with Gasteiger partial charge in [0.2, 0.25) is 0 Å². The number of likely N-dealkylation sites (tertiary alicyclic amines) is 1. The lowest BCUT2D eigenvalue weighted by molar-refractivity contribution is -0.146. The van der Waals surface area contributed by atoms with Crippen molar-refractivity contribution in [3.8, 4) is 0 Å². The summed E-state index contributed by atoms with van der Waals surface area (Å²) in [4.78, 5) is 25.7. The van der Waals surface area contributed by atoms with Crippen molar-refractivity contribution in [2.45, 2.75) is 6.92 Å². The van der Waals surface area contributed by atoms with Gasteiger partial charge in [-0.1, -0.05) is 18.5 Å². The third-order valence-electron chi connectivity index (χ3n) is 3.57. The van der Waals surface area contributed by atoms with E-state index in [0.717, 1.165) is 0 Å². The Bertz CT molecular complexity index is 527. The molecule has 0 aliphatic carbocycles. The van der Waals surface area contributed by atoms with E-state index in [1.807, 2.05) is 6.92 Å². The molecule has 0 saturated carbocycles. The maximum atomic E-state index is 12.4. The second-order valence-corrected chi connectivity index (χ2v) is 5.53. The Kier molecular flexibility index (Phi) is 4.18. The van der Waals surface area contributed by atoms with E-state index in [-0.39, 0.29) is 23.7 Å². The molecule has 108 valence electrons. The van der Waals surface area contributed by atoms with Gasteiger partial charge in [-0.05, 0) is 24.1 Å². The monoisotopic (exact) mass is 296 g/mol. The normalized spacial score (nSPS) is 21.9. The molecule has 5 nitrogen and oxygen atoms in total. The van der Waals surface area contributed by atoms with Crippen LogP contribution in [0.5, 0.6) is 0 Å². The number of nitrogens with zero attached hydrogens (tertiary/aromatic N) is 1. The summed E-state index contributed by atoms with van der Waals surface area (Å²) in [6, 6.07) is 4.75. The molecule has 1 heterocycles. The average molecular weight is 297 g/mol. The first-order valence-corrected chi connectivity index (χ1v) is 6.73. The number of rotatable bonds is 2. The van der Waals surface area contributed by atoms with E-state index in [0.29, 0.717) is 29.4 Å². The second-order valence-electron chi connectivity index (χ2n) is 5.09. The Labute approximate surface area is 122 Å². The van der Waals surface area contributed by atoms with Crippen molar-refractivity contribution in [1.82, 2.24) is 4.90 Å². The minimum Gasteiger partial charge on any atom is -0.469 e. The highest BCUT2D eigenvalue weighted by atomic mass is 35.5. The molecule has 0 bridgehead atoms. The third-order valence-corrected chi connectivity index (χ3v) is 3.79. The van der Waals surface area contributed by atoms with E-state index < -0.39 is 0 Å². The Balaban J connectivity index is 2.16. The molecule has 1 aromatic rings. The zero-order chi connectivity index (χ0) is 14.9. The number of hydrogen-bond acceptors (Lipinski definition) is 4. The predicted octanol–water partition coefficient (Wildman–Crippen LogP) is 1.80. The molecule has 0 spiro atoms. The quantitative estimate of drug-likeness (QED) is 0.667. The van der Waals surface area contributed by atoms with Crippen molar-refractivity contribution in [2.24, 2.45) is 11.8 Å². The Hall–Kier alpha value is -1.75. The van der Waals surface area contributed by atoms with Gasteiger partial charge in [0.1, 0.15) is 0 Å². The maximum Gasteiger partial charge on any atom is 0.310 e. The summed E-state index contributed by atoms with van der Waals surface area (Å²) < 4.78 is 4.76. The number of nitrogen functional groups attached to an aromatic ring is 1. The molecule has 2 N–H and O–H groups in total. The molecule has 0 aromatic heterocycles. The molecule has 1 saturated heterocycles. The maximum absolute atomic E-state index is 12.4. The lowest BCUT2D eigenvalue weighted by Gasteiger charge is -2.16. The van der Waals surface area contributed by atoms with E-state index in [4.69, 9.17) is 22.1 Å². The molecule has 2 unspecified atom stereocenters. The molecule has 1 aromatic carbocycles. The summed E-state index contributed by atoms with van der Waals surface area (Å²) in [6.07, 6.45) is 0. The van der Waals surface area contributed by atoms with Gasteiger partial charge < -0.3 is 15.4 Å². The van der Waals surface area contributed by atoms with Crippen LogP contribution in [0.4, 0.5) is 5.69 Å². The summed E-state index contributed by atoms with van der Waals surface area (Å²) in [5.41, 5.74) is 6.57. The first kappa shape index (κ1) is 14.7. The van der Waals surface area contributed by atoms with Gasteiger partial charge in [0.25, 0.3) is 5.91 Å². The highest BCUT2D eigenvalue weighted by molar-refractivity contribution is 6.31. The van der Waals surface area contributed by atoms with Gasteiger partial charge >= 0.3 is 5.97 Å². The molecule has 20 heavy (non-hydrogen) atoms. The first-order chi connectivity index (χ1) is 9.42. The van der Waals surface area contributed by atoms with Gasteiger partial charge in [0, 0.05) is 29.4 Å². The topological polar surface area (TPSA) is 72.6 Å². The van der Waals surface area contributed by atoms with Crippen LogP contribution >= 0.6 is 11.6 Å². The van der Waals surface area contributed by atoms with Crippen LogP contribution in [0.15, 0.2) is 18.2 Å². The standard InChI is InChI=1S/C14H17ClN2O3/c1-8-6-17(7-12(8)14(19)20-2)13(18)9-3-10(15)5-11(16)4-9/h3-5,8,12H,6-7,16H2,1-2H3. The fourth-order valence-electron chi connectivity index (χ4n) is 2.51. The lowest BCUT2D eigenvalue weighted by atomic mass is 9.99. The highest BCUT2D eigenvalue weighted by Crippen LogP contribution is 2.26. The van der Waals surface area contributed by atoms with Crippen LogP contribution in [-0.4, -0.2) is 37.0 Å². The number of hydrogen-bond donors (Lipinski definition) is 1. The van der Waals surface area contributed by atoms with E-state index in [1.54, 1.807) is 23.1 Å². The van der Waals surface area contributed by atoms with Crippen molar-refractivity contribution in [1.29, 1.82) is 0 Å². The predicted molar refractivity (Wildman–Crippen MR) is 76.4 cm³/mol. The SMILES string of the molecule is COC(=O)C1CN(C(=O)c2cc(N)cc(Cl)c2)CC1C. The van der Waals surface area contributed by atoms with E-state index in [1.165, 1.54) is 7.11 Å². The number of esters is 1. The molecule has 1 amide bonds. The number of methoxy groups -OCH3 is 1. The van der Waals surface area contributed by atoms with Gasteiger partial charge in [-0.2, -0.15) is 0 Å². The Morgan fingerprint density at radius 1 is 1.35 bits per heavy atom. The molecule has 2 atom stereocenters. The van der Waals surface area contributed by atoms with E-state index >= 15 is 0 Å². The molecule has 2 rings (SSSR count). The molecule has 1 aliphatic heterocycles. The molecule has 0 radical (unpaired) electrons. The number of nitrogens with two attached hydrogens (primary N) is 1.